The number of benzene rings is 2. The molecule has 26 heavy (non-hydrogen) atoms. The van der Waals surface area contributed by atoms with E-state index in [2.05, 4.69) is 5.10 Å². The van der Waals surface area contributed by atoms with Gasteiger partial charge in [-0.3, -0.25) is 14.4 Å². The Morgan fingerprint density at radius 1 is 1.12 bits per heavy atom. The zero-order valence-corrected chi connectivity index (χ0v) is 14.3. The van der Waals surface area contributed by atoms with Crippen molar-refractivity contribution >= 4 is 22.6 Å². The molecule has 0 atom stereocenters. The fourth-order valence-electron chi connectivity index (χ4n) is 2.63. The van der Waals surface area contributed by atoms with Crippen LogP contribution in [0.4, 0.5) is 0 Å². The smallest absolute Gasteiger partial charge is 0.275 e. The minimum Gasteiger partial charge on any atom is -0.366 e. The molecule has 1 heterocycles. The Hall–Kier alpha value is -3.48. The number of rotatable bonds is 5. The van der Waals surface area contributed by atoms with Crippen molar-refractivity contribution < 1.29 is 9.59 Å². The highest BCUT2D eigenvalue weighted by molar-refractivity contribution is 5.92. The van der Waals surface area contributed by atoms with Crippen LogP contribution in [0.25, 0.3) is 10.8 Å². The highest BCUT2D eigenvalue weighted by atomic mass is 16.2. The van der Waals surface area contributed by atoms with Crippen LogP contribution < -0.4 is 11.3 Å². The Bertz CT molecular complexity index is 1020. The lowest BCUT2D eigenvalue weighted by Gasteiger charge is -2.18. The standard InChI is InChI=1S/C19H18N4O3/c1-22(11-13-6-8-14(9-7-13)18(20)25)17(24)12-23-19(26)16-5-3-2-4-15(16)10-21-23/h2-10H,11-12H2,1H3,(H2,20,25). The number of nitrogens with zero attached hydrogens (tertiary/aromatic N) is 3. The Labute approximate surface area is 149 Å². The third kappa shape index (κ3) is 3.61. The molecular weight excluding hydrogens is 332 g/mol. The van der Waals surface area contributed by atoms with Crippen molar-refractivity contribution in [2.45, 2.75) is 13.1 Å². The summed E-state index contributed by atoms with van der Waals surface area (Å²) in [6, 6.07) is 13.8. The van der Waals surface area contributed by atoms with Crippen LogP contribution in [0.3, 0.4) is 0 Å². The first kappa shape index (κ1) is 17.3. The molecule has 1 aromatic heterocycles. The number of hydrogen-bond acceptors (Lipinski definition) is 4. The fraction of sp³-hybridized carbons (Fsp3) is 0.158. The van der Waals surface area contributed by atoms with E-state index in [1.165, 1.54) is 4.90 Å². The Morgan fingerprint density at radius 3 is 2.50 bits per heavy atom. The molecule has 7 nitrogen and oxygen atoms in total. The summed E-state index contributed by atoms with van der Waals surface area (Å²) in [5.74, 6) is -0.739. The predicted molar refractivity (Wildman–Crippen MR) is 97.4 cm³/mol. The lowest BCUT2D eigenvalue weighted by Crippen LogP contribution is -2.34. The third-order valence-electron chi connectivity index (χ3n) is 4.13. The van der Waals surface area contributed by atoms with E-state index < -0.39 is 5.91 Å². The van der Waals surface area contributed by atoms with Crippen molar-refractivity contribution in [1.82, 2.24) is 14.7 Å². The molecule has 2 amide bonds. The fourth-order valence-corrected chi connectivity index (χ4v) is 2.63. The molecule has 7 heteroatoms. The van der Waals surface area contributed by atoms with Gasteiger partial charge in [-0.1, -0.05) is 30.3 Å². The normalized spacial score (nSPS) is 10.7. The van der Waals surface area contributed by atoms with E-state index in [-0.39, 0.29) is 18.0 Å². The largest absolute Gasteiger partial charge is 0.366 e. The summed E-state index contributed by atoms with van der Waals surface area (Å²) in [7, 11) is 1.65. The van der Waals surface area contributed by atoms with Crippen molar-refractivity contribution in [3.8, 4) is 0 Å². The van der Waals surface area contributed by atoms with E-state index in [1.807, 2.05) is 6.07 Å². The summed E-state index contributed by atoms with van der Waals surface area (Å²) in [5, 5.41) is 5.34. The topological polar surface area (TPSA) is 98.3 Å². The molecule has 0 aliphatic carbocycles. The van der Waals surface area contributed by atoms with Crippen LogP contribution in [0.5, 0.6) is 0 Å². The van der Waals surface area contributed by atoms with Gasteiger partial charge in [-0.25, -0.2) is 4.68 Å². The number of carbonyl (C=O) groups is 2. The first-order valence-electron chi connectivity index (χ1n) is 8.03. The molecule has 2 N–H and O–H groups in total. The van der Waals surface area contributed by atoms with Crippen molar-refractivity contribution in [2.75, 3.05) is 7.05 Å². The number of carbonyl (C=O) groups excluding carboxylic acids is 2. The zero-order valence-electron chi connectivity index (χ0n) is 14.3. The van der Waals surface area contributed by atoms with Gasteiger partial charge in [-0.2, -0.15) is 5.10 Å². The number of amides is 2. The summed E-state index contributed by atoms with van der Waals surface area (Å²) < 4.78 is 1.16. The first-order valence-corrected chi connectivity index (χ1v) is 8.03. The van der Waals surface area contributed by atoms with E-state index in [1.54, 1.807) is 55.7 Å². The van der Waals surface area contributed by atoms with E-state index in [9.17, 15) is 14.4 Å². The molecule has 0 aliphatic heterocycles. The molecule has 0 aliphatic rings. The third-order valence-corrected chi connectivity index (χ3v) is 4.13. The van der Waals surface area contributed by atoms with Crippen LogP contribution >= 0.6 is 0 Å². The molecule has 2 aromatic carbocycles. The van der Waals surface area contributed by atoms with E-state index >= 15 is 0 Å². The number of hydrogen-bond donors (Lipinski definition) is 1. The average Bonchev–Trinajstić information content (AvgIpc) is 2.64. The van der Waals surface area contributed by atoms with Gasteiger partial charge in [0.1, 0.15) is 6.54 Å². The van der Waals surface area contributed by atoms with Gasteiger partial charge in [-0.15, -0.1) is 0 Å². The van der Waals surface area contributed by atoms with Crippen molar-refractivity contribution in [2.24, 2.45) is 5.73 Å². The minimum absolute atomic E-state index is 0.139. The number of fused-ring (bicyclic) bond motifs is 1. The second-order valence-corrected chi connectivity index (χ2v) is 6.01. The molecule has 0 saturated carbocycles. The molecule has 0 bridgehead atoms. The number of nitrogens with two attached hydrogens (primary N) is 1. The zero-order chi connectivity index (χ0) is 18.7. The Morgan fingerprint density at radius 2 is 1.81 bits per heavy atom. The lowest BCUT2D eigenvalue weighted by molar-refractivity contribution is -0.131. The van der Waals surface area contributed by atoms with E-state index in [0.717, 1.165) is 15.6 Å². The molecular formula is C19H18N4O3. The maximum atomic E-state index is 12.4. The monoisotopic (exact) mass is 350 g/mol. The summed E-state index contributed by atoms with van der Waals surface area (Å²) in [6.45, 7) is 0.208. The van der Waals surface area contributed by atoms with Gasteiger partial charge in [0.15, 0.2) is 0 Å². The van der Waals surface area contributed by atoms with Crippen molar-refractivity contribution in [3.05, 3.63) is 76.2 Å². The van der Waals surface area contributed by atoms with Crippen LogP contribution in [0.1, 0.15) is 15.9 Å². The molecule has 0 spiro atoms. The summed E-state index contributed by atoms with van der Waals surface area (Å²) in [4.78, 5) is 37.5. The van der Waals surface area contributed by atoms with Crippen LogP contribution in [0, 0.1) is 0 Å². The molecule has 0 radical (unpaired) electrons. The van der Waals surface area contributed by atoms with Gasteiger partial charge < -0.3 is 10.6 Å². The van der Waals surface area contributed by atoms with Crippen LogP contribution in [0.15, 0.2) is 59.5 Å². The van der Waals surface area contributed by atoms with E-state index in [4.69, 9.17) is 5.73 Å². The number of likely N-dealkylation sites (N-methyl/N-ethyl adjacent to an activating group) is 1. The predicted octanol–water partition coefficient (Wildman–Crippen LogP) is 1.15. The molecule has 0 unspecified atom stereocenters. The highest BCUT2D eigenvalue weighted by Gasteiger charge is 2.13. The van der Waals surface area contributed by atoms with Gasteiger partial charge in [0.25, 0.3) is 5.56 Å². The molecule has 0 fully saturated rings. The molecule has 3 aromatic rings. The van der Waals surface area contributed by atoms with Gasteiger partial charge in [0.05, 0.1) is 11.6 Å². The molecule has 3 rings (SSSR count). The van der Waals surface area contributed by atoms with Crippen LogP contribution in [-0.4, -0.2) is 33.5 Å². The van der Waals surface area contributed by atoms with Gasteiger partial charge >= 0.3 is 0 Å². The van der Waals surface area contributed by atoms with Gasteiger partial charge in [-0.05, 0) is 23.8 Å². The van der Waals surface area contributed by atoms with Gasteiger partial charge in [0, 0.05) is 24.5 Å². The number of primary amides is 1. The second-order valence-electron chi connectivity index (χ2n) is 6.01. The first-order chi connectivity index (χ1) is 12.5. The minimum atomic E-state index is -0.497. The number of aromatic nitrogens is 2. The van der Waals surface area contributed by atoms with Crippen LogP contribution in [0.2, 0.25) is 0 Å². The quantitative estimate of drug-likeness (QED) is 0.746. The van der Waals surface area contributed by atoms with Crippen LogP contribution in [-0.2, 0) is 17.9 Å². The average molecular weight is 350 g/mol. The molecule has 132 valence electrons. The SMILES string of the molecule is CN(Cc1ccc(C(N)=O)cc1)C(=O)Cn1ncc2ccccc2c1=O. The maximum Gasteiger partial charge on any atom is 0.275 e. The summed E-state index contributed by atoms with van der Waals surface area (Å²) >= 11 is 0. The lowest BCUT2D eigenvalue weighted by atomic mass is 10.1. The summed E-state index contributed by atoms with van der Waals surface area (Å²) in [5.41, 5.74) is 6.18. The summed E-state index contributed by atoms with van der Waals surface area (Å²) in [6.07, 6.45) is 1.58. The Kier molecular flexibility index (Phi) is 4.79. The van der Waals surface area contributed by atoms with Crippen molar-refractivity contribution in [1.29, 1.82) is 0 Å². The van der Waals surface area contributed by atoms with E-state index in [0.29, 0.717) is 17.5 Å². The highest BCUT2D eigenvalue weighted by Crippen LogP contribution is 2.08. The second kappa shape index (κ2) is 7.18. The van der Waals surface area contributed by atoms with Gasteiger partial charge in [0.2, 0.25) is 11.8 Å². The Balaban J connectivity index is 1.72. The van der Waals surface area contributed by atoms with Crippen molar-refractivity contribution in [3.63, 3.8) is 0 Å². The molecule has 0 saturated heterocycles. The maximum absolute atomic E-state index is 12.4.